The molecule has 2 N–H and O–H groups in total. The van der Waals surface area contributed by atoms with Crippen molar-refractivity contribution in [2.45, 2.75) is 61.7 Å². The van der Waals surface area contributed by atoms with Crippen LogP contribution in [0.15, 0.2) is 84.0 Å². The number of ether oxygens (including phenoxy) is 2. The summed E-state index contributed by atoms with van der Waals surface area (Å²) in [4.78, 5) is 25.2. The highest BCUT2D eigenvalue weighted by Crippen LogP contribution is 2.39. The van der Waals surface area contributed by atoms with Crippen LogP contribution < -0.4 is 5.32 Å². The van der Waals surface area contributed by atoms with E-state index in [1.54, 1.807) is 28.9 Å². The molecule has 2 fully saturated rings. The quantitative estimate of drug-likeness (QED) is 0.237. The lowest BCUT2D eigenvalue weighted by Crippen LogP contribution is -2.48. The first-order chi connectivity index (χ1) is 22.7. The van der Waals surface area contributed by atoms with Gasteiger partial charge in [0.15, 0.2) is 6.29 Å². The molecule has 3 aromatic carbocycles. The van der Waals surface area contributed by atoms with Crippen molar-refractivity contribution in [1.29, 1.82) is 0 Å². The first-order valence-electron chi connectivity index (χ1n) is 15.0. The third kappa shape index (κ3) is 7.64. The molecule has 0 unspecified atom stereocenters. The topological polar surface area (TPSA) is 132 Å². The van der Waals surface area contributed by atoms with E-state index >= 15 is 0 Å². The average Bonchev–Trinajstić information content (AvgIpc) is 3.78. The van der Waals surface area contributed by atoms with Gasteiger partial charge in [0, 0.05) is 30.0 Å². The molecule has 0 aliphatic carbocycles. The number of aliphatic hydroxyl groups is 1. The van der Waals surface area contributed by atoms with Crippen LogP contribution in [0.1, 0.15) is 48.3 Å². The van der Waals surface area contributed by atoms with E-state index < -0.39 is 30.3 Å². The number of para-hydroxylation sites is 1. The minimum absolute atomic E-state index is 0.0762. The third-order valence-electron chi connectivity index (χ3n) is 7.96. The summed E-state index contributed by atoms with van der Waals surface area (Å²) in [6, 6.07) is 22.5. The zero-order valence-electron chi connectivity index (χ0n) is 24.9. The molecular formula is C32H31F3N6O5S. The molecule has 0 radical (unpaired) electrons. The van der Waals surface area contributed by atoms with Crippen LogP contribution >= 0.6 is 11.8 Å². The lowest BCUT2D eigenvalue weighted by atomic mass is 10.0. The van der Waals surface area contributed by atoms with Crippen LogP contribution in [-0.4, -0.2) is 72.6 Å². The summed E-state index contributed by atoms with van der Waals surface area (Å²) in [6.07, 6.45) is -5.45. The van der Waals surface area contributed by atoms with Crippen LogP contribution in [0.5, 0.6) is 0 Å². The fourth-order valence-electron chi connectivity index (χ4n) is 5.58. The molecule has 0 bridgehead atoms. The Bertz CT molecular complexity index is 1670. The Morgan fingerprint density at radius 1 is 0.979 bits per heavy atom. The van der Waals surface area contributed by atoms with Crippen molar-refractivity contribution >= 4 is 29.3 Å². The zero-order valence-corrected chi connectivity index (χ0v) is 25.7. The lowest BCUT2D eigenvalue weighted by Gasteiger charge is -2.36. The number of likely N-dealkylation sites (tertiary alicyclic amines) is 1. The maximum absolute atomic E-state index is 13.0. The van der Waals surface area contributed by atoms with Gasteiger partial charge in [-0.15, -0.1) is 5.10 Å². The van der Waals surface area contributed by atoms with Crippen molar-refractivity contribution < 1.29 is 37.3 Å². The summed E-state index contributed by atoms with van der Waals surface area (Å²) in [6.45, 7) is -0.205. The highest BCUT2D eigenvalue weighted by Gasteiger charge is 2.47. The van der Waals surface area contributed by atoms with Crippen LogP contribution in [0.3, 0.4) is 0 Å². The molecule has 4 aromatic rings. The molecule has 11 nitrogen and oxygen atoms in total. The molecule has 1 aromatic heterocycles. The molecule has 2 amide bonds. The number of carbonyl (C=O) groups excluding carboxylic acids is 2. The summed E-state index contributed by atoms with van der Waals surface area (Å²) < 4.78 is 53.5. The van der Waals surface area contributed by atoms with E-state index in [2.05, 4.69) is 20.8 Å². The van der Waals surface area contributed by atoms with Gasteiger partial charge < -0.3 is 24.8 Å². The molecule has 15 heteroatoms. The normalized spacial score (nSPS) is 21.5. The van der Waals surface area contributed by atoms with Gasteiger partial charge in [0.1, 0.15) is 6.04 Å². The maximum atomic E-state index is 13.0. The predicted molar refractivity (Wildman–Crippen MR) is 164 cm³/mol. The Kier molecular flexibility index (Phi) is 9.87. The summed E-state index contributed by atoms with van der Waals surface area (Å²) in [5.74, 6) is -2.18. The third-order valence-corrected chi connectivity index (χ3v) is 9.02. The Balaban J connectivity index is 1.16. The van der Waals surface area contributed by atoms with Gasteiger partial charge in [0.25, 0.3) is 0 Å². The van der Waals surface area contributed by atoms with Crippen molar-refractivity contribution in [2.24, 2.45) is 0 Å². The van der Waals surface area contributed by atoms with E-state index in [1.807, 2.05) is 54.6 Å². The van der Waals surface area contributed by atoms with Crippen LogP contribution in [0.25, 0.3) is 5.69 Å². The van der Waals surface area contributed by atoms with E-state index in [-0.39, 0.29) is 31.8 Å². The summed E-state index contributed by atoms with van der Waals surface area (Å²) in [7, 11) is 0. The number of hydrogen-bond acceptors (Lipinski definition) is 9. The molecule has 0 saturated carbocycles. The number of carbonyl (C=O) groups is 2. The monoisotopic (exact) mass is 668 g/mol. The molecular weight excluding hydrogens is 637 g/mol. The number of rotatable bonds is 9. The number of hydrogen-bond donors (Lipinski definition) is 2. The van der Waals surface area contributed by atoms with Crippen LogP contribution in [0.2, 0.25) is 0 Å². The largest absolute Gasteiger partial charge is 0.471 e. The standard InChI is InChI=1S/C32H31F3N6O5S/c33-32(34,35)30(44)40-16-4-7-26(40)28(43)36-23-14-12-22(13-15-23)29-45-25(17-27(46-29)21-10-8-20(18-42)9-11-21)19-47-31-37-38-39-41(31)24-5-2-1-3-6-24/h1-3,5-6,8-15,25-27,29,42H,4,7,16-19H2,(H,36,43)/t25-,26-,27+,29+/m0/s1. The number of thioether (sulfide) groups is 1. The van der Waals surface area contributed by atoms with Gasteiger partial charge in [-0.05, 0) is 58.7 Å². The number of benzene rings is 3. The number of nitrogens with one attached hydrogen (secondary N) is 1. The van der Waals surface area contributed by atoms with Gasteiger partial charge in [0.2, 0.25) is 11.1 Å². The van der Waals surface area contributed by atoms with E-state index in [1.165, 1.54) is 11.8 Å². The van der Waals surface area contributed by atoms with E-state index in [9.17, 15) is 27.9 Å². The molecule has 0 spiro atoms. The van der Waals surface area contributed by atoms with Gasteiger partial charge in [-0.1, -0.05) is 66.4 Å². The molecule has 47 heavy (non-hydrogen) atoms. The molecule has 2 aliphatic rings. The predicted octanol–water partition coefficient (Wildman–Crippen LogP) is 4.98. The Morgan fingerprint density at radius 3 is 2.40 bits per heavy atom. The van der Waals surface area contributed by atoms with Crippen molar-refractivity contribution in [1.82, 2.24) is 25.1 Å². The Labute approximate surface area is 272 Å². The zero-order chi connectivity index (χ0) is 33.0. The summed E-state index contributed by atoms with van der Waals surface area (Å²) in [5.41, 5.74) is 3.54. The van der Waals surface area contributed by atoms with Crippen molar-refractivity contribution in [3.05, 3.63) is 95.6 Å². The van der Waals surface area contributed by atoms with Gasteiger partial charge in [-0.3, -0.25) is 9.59 Å². The van der Waals surface area contributed by atoms with Crippen molar-refractivity contribution in [3.8, 4) is 5.69 Å². The number of aromatic nitrogens is 4. The fraction of sp³-hybridized carbons (Fsp3) is 0.344. The van der Waals surface area contributed by atoms with Crippen LogP contribution in [0.4, 0.5) is 18.9 Å². The molecule has 2 aliphatic heterocycles. The summed E-state index contributed by atoms with van der Waals surface area (Å²) in [5, 5.41) is 24.9. The van der Waals surface area contributed by atoms with Crippen LogP contribution in [0, 0.1) is 0 Å². The molecule has 246 valence electrons. The smallest absolute Gasteiger partial charge is 0.392 e. The number of aliphatic hydroxyl groups excluding tert-OH is 1. The number of tetrazole rings is 1. The first kappa shape index (κ1) is 32.6. The minimum atomic E-state index is -5.05. The first-order valence-corrected chi connectivity index (χ1v) is 15.9. The van der Waals surface area contributed by atoms with Gasteiger partial charge in [-0.2, -0.15) is 17.9 Å². The highest BCUT2D eigenvalue weighted by molar-refractivity contribution is 7.99. The second kappa shape index (κ2) is 14.2. The maximum Gasteiger partial charge on any atom is 0.471 e. The average molecular weight is 669 g/mol. The second-order valence-corrected chi connectivity index (χ2v) is 12.1. The van der Waals surface area contributed by atoms with Gasteiger partial charge in [-0.25, -0.2) is 0 Å². The van der Waals surface area contributed by atoms with Gasteiger partial charge in [0.05, 0.1) is 24.5 Å². The highest BCUT2D eigenvalue weighted by atomic mass is 32.2. The Morgan fingerprint density at radius 2 is 1.70 bits per heavy atom. The van der Waals surface area contributed by atoms with Crippen molar-refractivity contribution in [2.75, 3.05) is 17.6 Å². The van der Waals surface area contributed by atoms with Crippen LogP contribution in [-0.2, 0) is 25.7 Å². The van der Waals surface area contributed by atoms with E-state index in [0.717, 1.165) is 16.8 Å². The molecule has 6 rings (SSSR count). The molecule has 4 atom stereocenters. The number of alkyl halides is 3. The minimum Gasteiger partial charge on any atom is -0.392 e. The van der Waals surface area contributed by atoms with E-state index in [4.69, 9.17) is 9.47 Å². The SMILES string of the molecule is O=C(Nc1ccc([C@@H]2O[C@H](CSc3nnnn3-c3ccccc3)C[C@H](c3ccc(CO)cc3)O2)cc1)[C@@H]1CCCN1C(=O)C(F)(F)F. The Hall–Kier alpha value is -4.31. The number of nitrogens with zero attached hydrogens (tertiary/aromatic N) is 5. The molecule has 3 heterocycles. The number of amides is 2. The second-order valence-electron chi connectivity index (χ2n) is 11.1. The fourth-order valence-corrected chi connectivity index (χ4v) is 6.49. The number of halogens is 3. The summed E-state index contributed by atoms with van der Waals surface area (Å²) >= 11 is 1.45. The van der Waals surface area contributed by atoms with E-state index in [0.29, 0.717) is 39.9 Å². The van der Waals surface area contributed by atoms with Gasteiger partial charge >= 0.3 is 12.1 Å². The van der Waals surface area contributed by atoms with Crippen molar-refractivity contribution in [3.63, 3.8) is 0 Å². The molecule has 2 saturated heterocycles. The lowest BCUT2D eigenvalue weighted by molar-refractivity contribution is -0.245. The number of anilines is 1.